The zero-order chi connectivity index (χ0) is 46.4. The molecule has 0 saturated heterocycles. The van der Waals surface area contributed by atoms with Gasteiger partial charge in [-0.2, -0.15) is 12.1 Å². The van der Waals surface area contributed by atoms with Crippen molar-refractivity contribution in [2.45, 2.75) is 39.5 Å². The van der Waals surface area contributed by atoms with Crippen LogP contribution < -0.4 is 10.5 Å². The van der Waals surface area contributed by atoms with Crippen molar-refractivity contribution >= 4 is 80.5 Å². The van der Waals surface area contributed by atoms with Gasteiger partial charge < -0.3 is 10.5 Å². The summed E-state index contributed by atoms with van der Waals surface area (Å²) in [7, 11) is 11.0. The first-order valence-electron chi connectivity index (χ1n) is 22.0. The molecule has 10 rings (SSSR count). The average Bonchev–Trinajstić information content (AvgIpc) is 4.01. The Labute approximate surface area is 407 Å². The molecule has 1 radical (unpaired) electrons. The summed E-state index contributed by atoms with van der Waals surface area (Å²) in [6.45, 7) is 9.05. The van der Waals surface area contributed by atoms with Crippen LogP contribution in [0.2, 0.25) is 0 Å². The molecule has 0 spiro atoms. The van der Waals surface area contributed by atoms with Crippen LogP contribution in [0.5, 0.6) is 0 Å². The van der Waals surface area contributed by atoms with Crippen molar-refractivity contribution in [3.05, 3.63) is 205 Å². The Morgan fingerprint density at radius 1 is 0.424 bits per heavy atom. The number of fused-ring (bicyclic) bond motifs is 4. The first kappa shape index (κ1) is 47.9. The molecule has 10 aromatic rings. The van der Waals surface area contributed by atoms with Gasteiger partial charge >= 0.3 is 45.4 Å². The molecule has 10 aromatic carbocycles. The van der Waals surface area contributed by atoms with Gasteiger partial charge in [0.1, 0.15) is 0 Å². The Morgan fingerprint density at radius 3 is 1.06 bits per heavy atom. The molecule has 0 unspecified atom stereocenters. The number of hydrogen-bond donors (Lipinski definition) is 2. The predicted octanol–water partition coefficient (Wildman–Crippen LogP) is 15.7. The second-order valence-corrected chi connectivity index (χ2v) is 20.2. The molecule has 0 aliphatic carbocycles. The number of halogens is 2. The van der Waals surface area contributed by atoms with Gasteiger partial charge in [-0.15, -0.1) is 69.1 Å². The number of benzene rings is 8. The van der Waals surface area contributed by atoms with Gasteiger partial charge in [0.05, 0.1) is 0 Å². The number of nitrogens with one attached hydrogen (secondary N) is 2. The van der Waals surface area contributed by atoms with Gasteiger partial charge in [0.25, 0.3) is 0 Å². The van der Waals surface area contributed by atoms with Crippen molar-refractivity contribution in [1.82, 2.24) is 10.5 Å². The third kappa shape index (κ3) is 11.1. The minimum absolute atomic E-state index is 0.455. The van der Waals surface area contributed by atoms with Gasteiger partial charge in [-0.25, -0.2) is 0 Å². The summed E-state index contributed by atoms with van der Waals surface area (Å²) in [5.74, 6) is 1.07. The Kier molecular flexibility index (Phi) is 17.0. The molecule has 0 aromatic heterocycles. The summed E-state index contributed by atoms with van der Waals surface area (Å²) >= 11 is -0.826. The Bertz CT molecular complexity index is 2990. The zero-order valence-corrected chi connectivity index (χ0v) is 41.4. The van der Waals surface area contributed by atoms with E-state index in [-0.39, 0.29) is 0 Å². The Morgan fingerprint density at radius 2 is 0.712 bits per heavy atom. The van der Waals surface area contributed by atoms with Crippen molar-refractivity contribution in [1.29, 1.82) is 0 Å². The third-order valence-electron chi connectivity index (χ3n) is 11.8. The van der Waals surface area contributed by atoms with E-state index in [0.717, 1.165) is 7.55 Å². The summed E-state index contributed by atoms with van der Waals surface area (Å²) in [5, 5.41) is 14.7. The topological polar surface area (TPSA) is 58.2 Å². The number of carbonyl (C=O) groups is 2. The first-order chi connectivity index (χ1) is 32.3. The summed E-state index contributed by atoms with van der Waals surface area (Å²) in [5.41, 5.74) is 13.2. The molecule has 2 amide bonds. The molecule has 0 atom stereocenters. The molecular weight excluding hydrogens is 930 g/mol. The normalized spacial score (nSPS) is 10.6. The van der Waals surface area contributed by atoms with E-state index >= 15 is 0 Å². The molecule has 0 fully saturated rings. The average molecular weight is 980 g/mol. The molecule has 8 heteroatoms. The van der Waals surface area contributed by atoms with Crippen molar-refractivity contribution in [2.75, 3.05) is 0 Å². The fourth-order valence-electron chi connectivity index (χ4n) is 8.59. The van der Waals surface area contributed by atoms with Gasteiger partial charge in [-0.05, 0) is 66.8 Å². The van der Waals surface area contributed by atoms with Crippen molar-refractivity contribution in [3.8, 4) is 44.5 Å². The molecule has 0 aliphatic heterocycles. The van der Waals surface area contributed by atoms with Gasteiger partial charge in [-0.3, -0.25) is 9.59 Å². The maximum atomic E-state index is 9.38. The van der Waals surface area contributed by atoms with Crippen LogP contribution in [-0.2, 0) is 30.4 Å². The fourth-order valence-corrected chi connectivity index (χ4v) is 8.59. The SMILES string of the molecule is CC(C)c1cc2c(-c3ccccc3-c3cccc4ccccc34)cccc2[cH-]1.CC(C)c1cc2c(-c3ccccc3-c3cccc4ccccc34)cccc2[cH-]1.O=CN[B]NC=O.[Cl][Zr+2][Cl]. The van der Waals surface area contributed by atoms with Crippen LogP contribution in [-0.4, -0.2) is 20.4 Å². The van der Waals surface area contributed by atoms with E-state index in [4.69, 9.17) is 17.0 Å². The van der Waals surface area contributed by atoms with E-state index in [0.29, 0.717) is 24.7 Å². The third-order valence-corrected chi connectivity index (χ3v) is 11.8. The van der Waals surface area contributed by atoms with Gasteiger partial charge in [0.2, 0.25) is 0 Å². The van der Waals surface area contributed by atoms with Gasteiger partial charge in [0.15, 0.2) is 12.8 Å². The Balaban J connectivity index is 0.000000164. The van der Waals surface area contributed by atoms with Crippen LogP contribution in [0.3, 0.4) is 0 Å². The second-order valence-electron chi connectivity index (χ2n) is 16.4. The second kappa shape index (κ2) is 23.4. The van der Waals surface area contributed by atoms with E-state index in [1.807, 2.05) is 0 Å². The van der Waals surface area contributed by atoms with Crippen LogP contribution in [0.15, 0.2) is 194 Å². The van der Waals surface area contributed by atoms with Crippen LogP contribution in [0, 0.1) is 0 Å². The van der Waals surface area contributed by atoms with Crippen LogP contribution >= 0.6 is 17.0 Å². The van der Waals surface area contributed by atoms with Crippen LogP contribution in [0.1, 0.15) is 50.7 Å². The zero-order valence-electron chi connectivity index (χ0n) is 37.4. The molecule has 325 valence electrons. The summed E-state index contributed by atoms with van der Waals surface area (Å²) in [4.78, 5) is 18.8. The predicted molar refractivity (Wildman–Crippen MR) is 280 cm³/mol. The number of carbonyl (C=O) groups excluding carboxylic acids is 2. The molecule has 4 nitrogen and oxygen atoms in total. The van der Waals surface area contributed by atoms with E-state index in [1.54, 1.807) is 0 Å². The molecule has 0 bridgehead atoms. The number of hydrogen-bond acceptors (Lipinski definition) is 2. The summed E-state index contributed by atoms with van der Waals surface area (Å²) < 4.78 is 0. The van der Waals surface area contributed by atoms with E-state index in [2.05, 4.69) is 232 Å². The fraction of sp³-hybridized carbons (Fsp3) is 0.103. The van der Waals surface area contributed by atoms with E-state index in [9.17, 15) is 9.59 Å². The molecular formula is C58H50BCl2N2O2Zr. The number of rotatable bonds is 10. The molecule has 2 N–H and O–H groups in total. The van der Waals surface area contributed by atoms with Gasteiger partial charge in [-0.1, -0.05) is 184 Å². The standard InChI is InChI=1S/2C28H23.C2H4BN2O2.2ClH.Zr/c2*1-19(2)22-17-21-11-8-16-27(28(21)18-22)26-14-6-5-13-25(26)24-15-7-10-20-9-3-4-12-23(20)24;6-1-4-3-5-2-7;;;/h2*3-19H,1-2H3;1-2H,(H,4,6)(H,5,7);2*1H;/q2*-1;;;;+4/p-2. The molecule has 0 heterocycles. The molecule has 0 saturated carbocycles. The monoisotopic (exact) mass is 977 g/mol. The number of amides is 2. The van der Waals surface area contributed by atoms with Gasteiger partial charge in [0, 0.05) is 0 Å². The van der Waals surface area contributed by atoms with Crippen LogP contribution in [0.4, 0.5) is 0 Å². The van der Waals surface area contributed by atoms with Crippen LogP contribution in [0.25, 0.3) is 87.6 Å². The van der Waals surface area contributed by atoms with E-state index < -0.39 is 20.8 Å². The Hall–Kier alpha value is -6.03. The van der Waals surface area contributed by atoms with Crippen molar-refractivity contribution in [3.63, 3.8) is 0 Å². The maximum absolute atomic E-state index is 9.38. The summed E-state index contributed by atoms with van der Waals surface area (Å²) in [6.07, 6.45) is 0.910. The first-order valence-corrected chi connectivity index (χ1v) is 28.3. The summed E-state index contributed by atoms with van der Waals surface area (Å²) in [6, 6.07) is 70.8. The molecule has 0 aliphatic rings. The quantitative estimate of drug-likeness (QED) is 0.0621. The van der Waals surface area contributed by atoms with Crippen molar-refractivity contribution < 1.29 is 30.4 Å². The molecule has 66 heavy (non-hydrogen) atoms. The van der Waals surface area contributed by atoms with E-state index in [1.165, 1.54) is 98.7 Å². The van der Waals surface area contributed by atoms with Crippen molar-refractivity contribution in [2.24, 2.45) is 0 Å². The minimum atomic E-state index is -0.826.